The summed E-state index contributed by atoms with van der Waals surface area (Å²) in [4.78, 5) is 9.98. The number of primary sulfonamides is 1. The van der Waals surface area contributed by atoms with Crippen LogP contribution in [0, 0.1) is 16.0 Å². The molecule has 0 spiro atoms. The Kier molecular flexibility index (Phi) is 4.21. The number of nitrogens with two attached hydrogens (primary N) is 1. The van der Waals surface area contributed by atoms with Gasteiger partial charge in [0.05, 0.1) is 16.4 Å². The lowest BCUT2D eigenvalue weighted by Gasteiger charge is -2.11. The van der Waals surface area contributed by atoms with E-state index in [9.17, 15) is 18.5 Å². The molecule has 1 aromatic carbocycles. The molecule has 0 radical (unpaired) electrons. The Morgan fingerprint density at radius 1 is 1.50 bits per heavy atom. The largest absolute Gasteiger partial charge is 0.486 e. The molecule has 110 valence electrons. The van der Waals surface area contributed by atoms with Crippen LogP contribution in [0.1, 0.15) is 6.42 Å². The molecule has 1 aromatic rings. The number of hydrogen-bond acceptors (Lipinski definition) is 6. The Balaban J connectivity index is 2.21. The highest BCUT2D eigenvalue weighted by molar-refractivity contribution is 7.89. The fraction of sp³-hybridized carbons (Fsp3) is 0.455. The minimum absolute atomic E-state index is 0.0503. The lowest BCUT2D eigenvalue weighted by Crippen LogP contribution is -2.16. The second kappa shape index (κ2) is 5.73. The van der Waals surface area contributed by atoms with Crippen LogP contribution in [-0.4, -0.2) is 33.0 Å². The normalized spacial score (nSPS) is 18.9. The second-order valence-corrected chi connectivity index (χ2v) is 6.16. The molecule has 1 aliphatic rings. The van der Waals surface area contributed by atoms with Crippen molar-refractivity contribution in [3.63, 3.8) is 0 Å². The summed E-state index contributed by atoms with van der Waals surface area (Å²) in [5.74, 6) is 0.349. The molecule has 1 fully saturated rings. The van der Waals surface area contributed by atoms with Gasteiger partial charge in [-0.15, -0.1) is 0 Å². The highest BCUT2D eigenvalue weighted by atomic mass is 32.2. The summed E-state index contributed by atoms with van der Waals surface area (Å²) in [5.41, 5.74) is -0.400. The van der Waals surface area contributed by atoms with Gasteiger partial charge in [0.2, 0.25) is 10.0 Å². The lowest BCUT2D eigenvalue weighted by molar-refractivity contribution is -0.386. The average molecular weight is 301 g/mol. The minimum atomic E-state index is -3.98. The fourth-order valence-corrected chi connectivity index (χ4v) is 2.54. The minimum Gasteiger partial charge on any atom is -0.486 e. The van der Waals surface area contributed by atoms with Gasteiger partial charge < -0.3 is 10.1 Å². The summed E-state index contributed by atoms with van der Waals surface area (Å²) in [6, 6.07) is 3.38. The average Bonchev–Trinajstić information content (AvgIpc) is 2.88. The molecule has 0 amide bonds. The van der Waals surface area contributed by atoms with Crippen LogP contribution in [0.25, 0.3) is 0 Å². The molecular formula is C11H15N3O5S. The zero-order valence-corrected chi connectivity index (χ0v) is 11.4. The molecule has 0 aromatic heterocycles. The number of sulfonamides is 1. The fourth-order valence-electron chi connectivity index (χ4n) is 2.00. The summed E-state index contributed by atoms with van der Waals surface area (Å²) in [7, 11) is -3.98. The monoisotopic (exact) mass is 301 g/mol. The van der Waals surface area contributed by atoms with E-state index in [-0.39, 0.29) is 10.6 Å². The van der Waals surface area contributed by atoms with E-state index < -0.39 is 20.6 Å². The maximum absolute atomic E-state index is 11.2. The first-order chi connectivity index (χ1) is 9.38. The van der Waals surface area contributed by atoms with Crippen molar-refractivity contribution < 1.29 is 18.1 Å². The van der Waals surface area contributed by atoms with Gasteiger partial charge in [-0.2, -0.15) is 0 Å². The van der Waals surface area contributed by atoms with Crippen molar-refractivity contribution in [2.24, 2.45) is 11.1 Å². The van der Waals surface area contributed by atoms with E-state index in [1.54, 1.807) is 0 Å². The molecule has 1 atom stereocenters. The van der Waals surface area contributed by atoms with Crippen molar-refractivity contribution in [3.05, 3.63) is 28.3 Å². The molecule has 0 saturated carbocycles. The maximum Gasteiger partial charge on any atom is 0.312 e. The quantitative estimate of drug-likeness (QED) is 0.592. The topological polar surface area (TPSA) is 125 Å². The molecular weight excluding hydrogens is 286 g/mol. The summed E-state index contributed by atoms with van der Waals surface area (Å²) < 4.78 is 27.8. The summed E-state index contributed by atoms with van der Waals surface area (Å²) >= 11 is 0. The van der Waals surface area contributed by atoms with E-state index in [2.05, 4.69) is 5.32 Å². The third-order valence-electron chi connectivity index (χ3n) is 3.09. The van der Waals surface area contributed by atoms with Gasteiger partial charge in [0.1, 0.15) is 0 Å². The predicted octanol–water partition coefficient (Wildman–Crippen LogP) is 0.230. The van der Waals surface area contributed by atoms with Crippen LogP contribution in [0.4, 0.5) is 5.69 Å². The molecule has 0 aliphatic carbocycles. The Morgan fingerprint density at radius 3 is 2.80 bits per heavy atom. The van der Waals surface area contributed by atoms with Gasteiger partial charge in [-0.1, -0.05) is 0 Å². The number of benzene rings is 1. The Labute approximate surface area is 116 Å². The number of rotatable bonds is 5. The van der Waals surface area contributed by atoms with Gasteiger partial charge in [0.25, 0.3) is 0 Å². The van der Waals surface area contributed by atoms with Gasteiger partial charge in [0, 0.05) is 18.5 Å². The Bertz CT molecular complexity index is 610. The molecule has 1 saturated heterocycles. The van der Waals surface area contributed by atoms with Crippen molar-refractivity contribution in [3.8, 4) is 5.75 Å². The van der Waals surface area contributed by atoms with Crippen LogP contribution >= 0.6 is 0 Å². The number of ether oxygens (including phenoxy) is 1. The lowest BCUT2D eigenvalue weighted by atomic mass is 10.1. The van der Waals surface area contributed by atoms with Gasteiger partial charge in [-0.05, 0) is 25.1 Å². The van der Waals surface area contributed by atoms with E-state index >= 15 is 0 Å². The summed E-state index contributed by atoms with van der Waals surface area (Å²) in [5, 5.41) is 19.1. The number of nitro groups is 1. The predicted molar refractivity (Wildman–Crippen MR) is 70.9 cm³/mol. The molecule has 3 N–H and O–H groups in total. The highest BCUT2D eigenvalue weighted by Crippen LogP contribution is 2.30. The third-order valence-corrected chi connectivity index (χ3v) is 4.00. The van der Waals surface area contributed by atoms with Crippen molar-refractivity contribution in [1.29, 1.82) is 0 Å². The third kappa shape index (κ3) is 3.44. The van der Waals surface area contributed by atoms with Crippen LogP contribution < -0.4 is 15.2 Å². The first-order valence-corrected chi connectivity index (χ1v) is 7.57. The second-order valence-electron chi connectivity index (χ2n) is 4.60. The van der Waals surface area contributed by atoms with Gasteiger partial charge in [-0.3, -0.25) is 10.1 Å². The molecule has 9 heteroatoms. The van der Waals surface area contributed by atoms with E-state index in [1.807, 2.05) is 0 Å². The van der Waals surface area contributed by atoms with Gasteiger partial charge in [0.15, 0.2) is 5.75 Å². The summed E-state index contributed by atoms with van der Waals surface area (Å²) in [6.07, 6.45) is 0.947. The van der Waals surface area contributed by atoms with Crippen LogP contribution in [0.2, 0.25) is 0 Å². The van der Waals surface area contributed by atoms with Crippen molar-refractivity contribution in [2.45, 2.75) is 11.3 Å². The van der Waals surface area contributed by atoms with Crippen molar-refractivity contribution >= 4 is 15.7 Å². The van der Waals surface area contributed by atoms with Crippen LogP contribution in [0.15, 0.2) is 23.1 Å². The molecule has 1 aliphatic heterocycles. The molecule has 20 heavy (non-hydrogen) atoms. The van der Waals surface area contributed by atoms with Crippen molar-refractivity contribution in [1.82, 2.24) is 5.32 Å². The first kappa shape index (κ1) is 14.7. The maximum atomic E-state index is 11.2. The van der Waals surface area contributed by atoms with E-state index in [0.29, 0.717) is 12.5 Å². The van der Waals surface area contributed by atoms with Crippen LogP contribution in [-0.2, 0) is 10.0 Å². The zero-order valence-electron chi connectivity index (χ0n) is 10.6. The molecule has 8 nitrogen and oxygen atoms in total. The van der Waals surface area contributed by atoms with Gasteiger partial charge in [-0.25, -0.2) is 13.6 Å². The van der Waals surface area contributed by atoms with E-state index in [1.165, 1.54) is 12.1 Å². The molecule has 1 unspecified atom stereocenters. The first-order valence-electron chi connectivity index (χ1n) is 6.02. The Morgan fingerprint density at radius 2 is 2.25 bits per heavy atom. The molecule has 2 rings (SSSR count). The molecule has 0 bridgehead atoms. The molecule has 1 heterocycles. The van der Waals surface area contributed by atoms with Crippen LogP contribution in [0.3, 0.4) is 0 Å². The Hall–Kier alpha value is -1.71. The summed E-state index contributed by atoms with van der Waals surface area (Å²) in [6.45, 7) is 2.06. The number of nitrogens with zero attached hydrogens (tertiary/aromatic N) is 1. The number of hydrogen-bond donors (Lipinski definition) is 2. The van der Waals surface area contributed by atoms with E-state index in [0.717, 1.165) is 25.6 Å². The van der Waals surface area contributed by atoms with Gasteiger partial charge >= 0.3 is 5.69 Å². The SMILES string of the molecule is NS(=O)(=O)c1ccc(OCC2CCNC2)c([N+](=O)[O-])c1. The highest BCUT2D eigenvalue weighted by Gasteiger charge is 2.22. The smallest absolute Gasteiger partial charge is 0.312 e. The van der Waals surface area contributed by atoms with Crippen LogP contribution in [0.5, 0.6) is 5.75 Å². The number of nitro benzene ring substituents is 1. The standard InChI is InChI=1S/C11H15N3O5S/c12-20(17,18)9-1-2-11(10(5-9)14(15)16)19-7-8-3-4-13-6-8/h1-2,5,8,13H,3-4,6-7H2,(H2,12,17,18). The number of nitrogens with one attached hydrogen (secondary N) is 1. The zero-order chi connectivity index (χ0) is 14.8. The van der Waals surface area contributed by atoms with E-state index in [4.69, 9.17) is 9.88 Å². The van der Waals surface area contributed by atoms with Crippen molar-refractivity contribution in [2.75, 3.05) is 19.7 Å².